The van der Waals surface area contributed by atoms with Crippen molar-refractivity contribution >= 4 is 23.2 Å². The fourth-order valence-corrected chi connectivity index (χ4v) is 2.90. The van der Waals surface area contributed by atoms with Crippen LogP contribution in [0, 0.1) is 0 Å². The van der Waals surface area contributed by atoms with Gasteiger partial charge in [-0.15, -0.1) is 0 Å². The monoisotopic (exact) mass is 286 g/mol. The van der Waals surface area contributed by atoms with Gasteiger partial charge in [0.15, 0.2) is 0 Å². The van der Waals surface area contributed by atoms with Crippen LogP contribution >= 0.6 is 23.2 Å². The average molecular weight is 287 g/mol. The van der Waals surface area contributed by atoms with Crippen molar-refractivity contribution in [3.05, 3.63) is 33.8 Å². The average Bonchev–Trinajstić information content (AvgIpc) is 2.37. The zero-order valence-corrected chi connectivity index (χ0v) is 12.3. The summed E-state index contributed by atoms with van der Waals surface area (Å²) in [5.74, 6) is 0. The number of nitrogens with zero attached hydrogens (tertiary/aromatic N) is 1. The van der Waals surface area contributed by atoms with E-state index < -0.39 is 0 Å². The molecule has 0 spiro atoms. The van der Waals surface area contributed by atoms with Crippen LogP contribution in [-0.4, -0.2) is 30.6 Å². The molecule has 1 N–H and O–H groups in total. The van der Waals surface area contributed by atoms with Gasteiger partial charge in [0.2, 0.25) is 0 Å². The second kappa shape index (κ2) is 6.76. The molecule has 1 aromatic rings. The van der Waals surface area contributed by atoms with E-state index in [1.807, 2.05) is 12.1 Å². The fourth-order valence-electron chi connectivity index (χ4n) is 2.52. The first-order valence-corrected chi connectivity index (χ1v) is 7.35. The number of piperazine rings is 1. The summed E-state index contributed by atoms with van der Waals surface area (Å²) in [6, 6.07) is 6.49. The predicted molar refractivity (Wildman–Crippen MR) is 78.4 cm³/mol. The maximum absolute atomic E-state index is 6.26. The van der Waals surface area contributed by atoms with Crippen molar-refractivity contribution < 1.29 is 0 Å². The van der Waals surface area contributed by atoms with Crippen LogP contribution in [0.3, 0.4) is 0 Å². The number of benzene rings is 1. The Morgan fingerprint density at radius 3 is 3.00 bits per heavy atom. The SMILES string of the molecule is CCCC1CNCCN1Cc1cccc(Cl)c1Cl. The van der Waals surface area contributed by atoms with E-state index in [0.717, 1.165) is 31.7 Å². The van der Waals surface area contributed by atoms with Crippen molar-refractivity contribution in [1.82, 2.24) is 10.2 Å². The summed E-state index contributed by atoms with van der Waals surface area (Å²) in [5.41, 5.74) is 1.13. The van der Waals surface area contributed by atoms with E-state index in [1.54, 1.807) is 0 Å². The number of hydrogen-bond donors (Lipinski definition) is 1. The Hall–Kier alpha value is -0.280. The molecule has 2 nitrogen and oxygen atoms in total. The van der Waals surface area contributed by atoms with Gasteiger partial charge >= 0.3 is 0 Å². The molecule has 1 atom stereocenters. The minimum atomic E-state index is 0.610. The summed E-state index contributed by atoms with van der Waals surface area (Å²) < 4.78 is 0. The van der Waals surface area contributed by atoms with E-state index in [9.17, 15) is 0 Å². The molecule has 18 heavy (non-hydrogen) atoms. The molecule has 0 bridgehead atoms. The summed E-state index contributed by atoms with van der Waals surface area (Å²) in [6.07, 6.45) is 2.44. The zero-order chi connectivity index (χ0) is 13.0. The van der Waals surface area contributed by atoms with Crippen LogP contribution in [0.1, 0.15) is 25.3 Å². The number of nitrogens with one attached hydrogen (secondary N) is 1. The summed E-state index contributed by atoms with van der Waals surface area (Å²) >= 11 is 12.3. The molecule has 0 aliphatic carbocycles. The highest BCUT2D eigenvalue weighted by molar-refractivity contribution is 6.42. The van der Waals surface area contributed by atoms with E-state index >= 15 is 0 Å². The van der Waals surface area contributed by atoms with Crippen molar-refractivity contribution in [3.8, 4) is 0 Å². The van der Waals surface area contributed by atoms with Crippen molar-refractivity contribution in [2.75, 3.05) is 19.6 Å². The predicted octanol–water partition coefficient (Wildman–Crippen LogP) is 3.57. The standard InChI is InChI=1S/C14H20Cl2N2/c1-2-4-12-9-17-7-8-18(12)10-11-5-3-6-13(15)14(11)16/h3,5-6,12,17H,2,4,7-10H2,1H3. The highest BCUT2D eigenvalue weighted by Gasteiger charge is 2.22. The van der Waals surface area contributed by atoms with Gasteiger partial charge in [-0.2, -0.15) is 0 Å². The van der Waals surface area contributed by atoms with Crippen LogP contribution in [0.5, 0.6) is 0 Å². The first-order valence-electron chi connectivity index (χ1n) is 6.60. The Bertz CT molecular complexity index is 393. The van der Waals surface area contributed by atoms with Crippen LogP contribution in [0.25, 0.3) is 0 Å². The summed E-state index contributed by atoms with van der Waals surface area (Å²) in [7, 11) is 0. The largest absolute Gasteiger partial charge is 0.314 e. The number of halogens is 2. The molecule has 0 saturated carbocycles. The molecule has 1 aliphatic rings. The minimum absolute atomic E-state index is 0.610. The maximum Gasteiger partial charge on any atom is 0.0637 e. The van der Waals surface area contributed by atoms with Gasteiger partial charge in [-0.1, -0.05) is 48.7 Å². The van der Waals surface area contributed by atoms with Gasteiger partial charge in [-0.25, -0.2) is 0 Å². The number of hydrogen-bond acceptors (Lipinski definition) is 2. The first kappa shape index (κ1) is 14.1. The topological polar surface area (TPSA) is 15.3 Å². The van der Waals surface area contributed by atoms with Gasteiger partial charge in [0, 0.05) is 32.2 Å². The lowest BCUT2D eigenvalue weighted by molar-refractivity contribution is 0.144. The molecule has 0 radical (unpaired) electrons. The van der Waals surface area contributed by atoms with Gasteiger partial charge in [-0.05, 0) is 18.1 Å². The molecule has 100 valence electrons. The van der Waals surface area contributed by atoms with Crippen LogP contribution in [0.2, 0.25) is 10.0 Å². The molecule has 0 amide bonds. The normalized spacial score (nSPS) is 21.2. The molecular formula is C14H20Cl2N2. The van der Waals surface area contributed by atoms with E-state index in [4.69, 9.17) is 23.2 Å². The third kappa shape index (κ3) is 3.39. The van der Waals surface area contributed by atoms with Crippen LogP contribution < -0.4 is 5.32 Å². The van der Waals surface area contributed by atoms with E-state index in [2.05, 4.69) is 23.2 Å². The van der Waals surface area contributed by atoms with Gasteiger partial charge in [0.25, 0.3) is 0 Å². The minimum Gasteiger partial charge on any atom is -0.314 e. The molecule has 1 fully saturated rings. The van der Waals surface area contributed by atoms with E-state index in [1.165, 1.54) is 12.8 Å². The lowest BCUT2D eigenvalue weighted by atomic mass is 10.1. The number of rotatable bonds is 4. The Morgan fingerprint density at radius 1 is 1.39 bits per heavy atom. The molecule has 1 aromatic carbocycles. The van der Waals surface area contributed by atoms with Gasteiger partial charge in [0.1, 0.15) is 0 Å². The Morgan fingerprint density at radius 2 is 2.22 bits per heavy atom. The molecule has 0 aromatic heterocycles. The second-order valence-electron chi connectivity index (χ2n) is 4.83. The Kier molecular flexibility index (Phi) is 5.31. The van der Waals surface area contributed by atoms with Crippen molar-refractivity contribution in [2.24, 2.45) is 0 Å². The highest BCUT2D eigenvalue weighted by atomic mass is 35.5. The lowest BCUT2D eigenvalue weighted by Gasteiger charge is -2.36. The van der Waals surface area contributed by atoms with Crippen LogP contribution in [0.15, 0.2) is 18.2 Å². The van der Waals surface area contributed by atoms with Crippen molar-refractivity contribution in [3.63, 3.8) is 0 Å². The fraction of sp³-hybridized carbons (Fsp3) is 0.571. The molecule has 1 aliphatic heterocycles. The quantitative estimate of drug-likeness (QED) is 0.910. The third-order valence-corrected chi connectivity index (χ3v) is 4.36. The molecule has 1 saturated heterocycles. The summed E-state index contributed by atoms with van der Waals surface area (Å²) in [4.78, 5) is 2.51. The molecular weight excluding hydrogens is 267 g/mol. The van der Waals surface area contributed by atoms with E-state index in [-0.39, 0.29) is 0 Å². The lowest BCUT2D eigenvalue weighted by Crippen LogP contribution is -2.50. The zero-order valence-electron chi connectivity index (χ0n) is 10.8. The van der Waals surface area contributed by atoms with Crippen molar-refractivity contribution in [2.45, 2.75) is 32.4 Å². The summed E-state index contributed by atoms with van der Waals surface area (Å²) in [6.45, 7) is 6.34. The molecule has 2 rings (SSSR count). The Balaban J connectivity index is 2.08. The highest BCUT2D eigenvalue weighted by Crippen LogP contribution is 2.27. The van der Waals surface area contributed by atoms with Crippen LogP contribution in [0.4, 0.5) is 0 Å². The van der Waals surface area contributed by atoms with Crippen LogP contribution in [-0.2, 0) is 6.54 Å². The molecule has 1 unspecified atom stereocenters. The maximum atomic E-state index is 6.26. The first-order chi connectivity index (χ1) is 8.72. The van der Waals surface area contributed by atoms with Gasteiger partial charge in [0.05, 0.1) is 10.0 Å². The van der Waals surface area contributed by atoms with Gasteiger partial charge < -0.3 is 5.32 Å². The Labute approximate surface area is 119 Å². The summed E-state index contributed by atoms with van der Waals surface area (Å²) in [5, 5.41) is 4.81. The van der Waals surface area contributed by atoms with E-state index in [0.29, 0.717) is 16.1 Å². The third-order valence-electron chi connectivity index (χ3n) is 3.50. The van der Waals surface area contributed by atoms with Crippen molar-refractivity contribution in [1.29, 1.82) is 0 Å². The molecule has 4 heteroatoms. The van der Waals surface area contributed by atoms with Gasteiger partial charge in [-0.3, -0.25) is 4.90 Å². The molecule has 1 heterocycles. The second-order valence-corrected chi connectivity index (χ2v) is 5.62. The smallest absolute Gasteiger partial charge is 0.0637 e.